The summed E-state index contributed by atoms with van der Waals surface area (Å²) in [6.07, 6.45) is 1.22. The summed E-state index contributed by atoms with van der Waals surface area (Å²) in [6.45, 7) is 12.1. The first-order valence-corrected chi connectivity index (χ1v) is 6.01. The number of nitrogens with one attached hydrogen (secondary N) is 1. The lowest BCUT2D eigenvalue weighted by Gasteiger charge is -2.33. The Kier molecular flexibility index (Phi) is 5.03. The highest BCUT2D eigenvalue weighted by Gasteiger charge is 2.23. The maximum atomic E-state index is 5.34. The predicted molar refractivity (Wildman–Crippen MR) is 64.2 cm³/mol. The van der Waals surface area contributed by atoms with Gasteiger partial charge in [-0.15, -0.1) is 0 Å². The SMILES string of the molecule is CNC(CCN1CCOCC1)C(C)(C)C. The number of hydrogen-bond acceptors (Lipinski definition) is 3. The minimum absolute atomic E-state index is 0.348. The van der Waals surface area contributed by atoms with Crippen LogP contribution in [0.4, 0.5) is 0 Å². The van der Waals surface area contributed by atoms with Gasteiger partial charge in [0.15, 0.2) is 0 Å². The Balaban J connectivity index is 2.27. The summed E-state index contributed by atoms with van der Waals surface area (Å²) < 4.78 is 5.34. The first-order valence-electron chi connectivity index (χ1n) is 6.01. The molecule has 1 unspecified atom stereocenters. The van der Waals surface area contributed by atoms with Gasteiger partial charge in [-0.1, -0.05) is 20.8 Å². The van der Waals surface area contributed by atoms with Crippen molar-refractivity contribution in [3.8, 4) is 0 Å². The summed E-state index contributed by atoms with van der Waals surface area (Å²) in [5.41, 5.74) is 0.348. The Morgan fingerprint density at radius 1 is 1.27 bits per heavy atom. The molecule has 0 bridgehead atoms. The molecular formula is C12H26N2O. The van der Waals surface area contributed by atoms with E-state index >= 15 is 0 Å². The van der Waals surface area contributed by atoms with Crippen molar-refractivity contribution in [2.45, 2.75) is 33.2 Å². The van der Waals surface area contributed by atoms with Gasteiger partial charge >= 0.3 is 0 Å². The monoisotopic (exact) mass is 214 g/mol. The van der Waals surface area contributed by atoms with E-state index in [1.807, 2.05) is 0 Å². The Bertz CT molecular complexity index is 171. The Hall–Kier alpha value is -0.120. The van der Waals surface area contributed by atoms with Crippen LogP contribution in [0, 0.1) is 5.41 Å². The van der Waals surface area contributed by atoms with Gasteiger partial charge in [-0.2, -0.15) is 0 Å². The summed E-state index contributed by atoms with van der Waals surface area (Å²) >= 11 is 0. The van der Waals surface area contributed by atoms with Crippen LogP contribution in [-0.2, 0) is 4.74 Å². The Morgan fingerprint density at radius 3 is 2.33 bits per heavy atom. The van der Waals surface area contributed by atoms with Crippen molar-refractivity contribution >= 4 is 0 Å². The highest BCUT2D eigenvalue weighted by atomic mass is 16.5. The van der Waals surface area contributed by atoms with Gasteiger partial charge in [0, 0.05) is 19.1 Å². The third-order valence-electron chi connectivity index (χ3n) is 3.23. The molecule has 0 aromatic rings. The summed E-state index contributed by atoms with van der Waals surface area (Å²) in [7, 11) is 2.06. The largest absolute Gasteiger partial charge is 0.379 e. The molecule has 0 aliphatic carbocycles. The van der Waals surface area contributed by atoms with Crippen LogP contribution in [0.3, 0.4) is 0 Å². The van der Waals surface area contributed by atoms with E-state index in [0.717, 1.165) is 26.3 Å². The second kappa shape index (κ2) is 5.83. The van der Waals surface area contributed by atoms with Crippen LogP contribution in [-0.4, -0.2) is 50.8 Å². The smallest absolute Gasteiger partial charge is 0.0594 e. The molecule has 3 nitrogen and oxygen atoms in total. The van der Waals surface area contributed by atoms with E-state index in [-0.39, 0.29) is 0 Å². The number of nitrogens with zero attached hydrogens (tertiary/aromatic N) is 1. The summed E-state index contributed by atoms with van der Waals surface area (Å²) in [6, 6.07) is 0.598. The first-order chi connectivity index (χ1) is 7.04. The molecule has 1 heterocycles. The lowest BCUT2D eigenvalue weighted by Crippen LogP contribution is -2.43. The maximum absolute atomic E-state index is 5.34. The van der Waals surface area contributed by atoms with Crippen molar-refractivity contribution < 1.29 is 4.74 Å². The average Bonchev–Trinajstić information content (AvgIpc) is 2.18. The third-order valence-corrected chi connectivity index (χ3v) is 3.23. The van der Waals surface area contributed by atoms with Gasteiger partial charge < -0.3 is 10.1 Å². The van der Waals surface area contributed by atoms with Gasteiger partial charge in [0.05, 0.1) is 13.2 Å². The highest BCUT2D eigenvalue weighted by molar-refractivity contribution is 4.80. The molecule has 1 atom stereocenters. The first kappa shape index (κ1) is 12.9. The molecule has 3 heteroatoms. The van der Waals surface area contributed by atoms with E-state index in [1.165, 1.54) is 13.0 Å². The molecule has 1 N–H and O–H groups in total. The standard InChI is InChI=1S/C12H26N2O/c1-12(2,3)11(13-4)5-6-14-7-9-15-10-8-14/h11,13H,5-10H2,1-4H3. The molecule has 0 saturated carbocycles. The van der Waals surface area contributed by atoms with Gasteiger partial charge in [-0.05, 0) is 25.4 Å². The molecular weight excluding hydrogens is 188 g/mol. The van der Waals surface area contributed by atoms with Crippen LogP contribution < -0.4 is 5.32 Å². The van der Waals surface area contributed by atoms with Crippen LogP contribution in [0.2, 0.25) is 0 Å². The van der Waals surface area contributed by atoms with Crippen LogP contribution in [0.15, 0.2) is 0 Å². The topological polar surface area (TPSA) is 24.5 Å². The molecule has 1 saturated heterocycles. The molecule has 0 amide bonds. The number of hydrogen-bond donors (Lipinski definition) is 1. The molecule has 0 aromatic carbocycles. The second-order valence-corrected chi connectivity index (χ2v) is 5.45. The van der Waals surface area contributed by atoms with Crippen LogP contribution in [0.1, 0.15) is 27.2 Å². The van der Waals surface area contributed by atoms with E-state index < -0.39 is 0 Å². The lowest BCUT2D eigenvalue weighted by molar-refractivity contribution is 0.0343. The van der Waals surface area contributed by atoms with E-state index in [4.69, 9.17) is 4.74 Å². The van der Waals surface area contributed by atoms with Crippen molar-refractivity contribution in [1.82, 2.24) is 10.2 Å². The van der Waals surface area contributed by atoms with Crippen LogP contribution in [0.5, 0.6) is 0 Å². The van der Waals surface area contributed by atoms with Gasteiger partial charge in [0.2, 0.25) is 0 Å². The third kappa shape index (κ3) is 4.49. The molecule has 1 aliphatic rings. The number of ether oxygens (including phenoxy) is 1. The minimum atomic E-state index is 0.348. The van der Waals surface area contributed by atoms with Crippen LogP contribution in [0.25, 0.3) is 0 Å². The van der Waals surface area contributed by atoms with Crippen molar-refractivity contribution in [2.24, 2.45) is 5.41 Å². The predicted octanol–water partition coefficient (Wildman–Crippen LogP) is 1.34. The van der Waals surface area contributed by atoms with E-state index in [2.05, 4.69) is 38.0 Å². The average molecular weight is 214 g/mol. The number of rotatable bonds is 4. The van der Waals surface area contributed by atoms with Crippen molar-refractivity contribution in [3.05, 3.63) is 0 Å². The molecule has 1 fully saturated rings. The molecule has 0 spiro atoms. The number of morpholine rings is 1. The van der Waals surface area contributed by atoms with Gasteiger partial charge in [0.25, 0.3) is 0 Å². The maximum Gasteiger partial charge on any atom is 0.0594 e. The highest BCUT2D eigenvalue weighted by Crippen LogP contribution is 2.21. The fraction of sp³-hybridized carbons (Fsp3) is 1.00. The Labute approximate surface area is 94.2 Å². The van der Waals surface area contributed by atoms with Gasteiger partial charge in [0.1, 0.15) is 0 Å². The fourth-order valence-electron chi connectivity index (χ4n) is 2.15. The quantitative estimate of drug-likeness (QED) is 0.764. The minimum Gasteiger partial charge on any atom is -0.379 e. The molecule has 0 radical (unpaired) electrons. The fourth-order valence-corrected chi connectivity index (χ4v) is 2.15. The van der Waals surface area contributed by atoms with E-state index in [1.54, 1.807) is 0 Å². The molecule has 90 valence electrons. The zero-order chi connectivity index (χ0) is 11.3. The van der Waals surface area contributed by atoms with Crippen molar-refractivity contribution in [2.75, 3.05) is 39.9 Å². The molecule has 0 aromatic heterocycles. The Morgan fingerprint density at radius 2 is 1.87 bits per heavy atom. The molecule has 15 heavy (non-hydrogen) atoms. The second-order valence-electron chi connectivity index (χ2n) is 5.45. The van der Waals surface area contributed by atoms with Crippen molar-refractivity contribution in [1.29, 1.82) is 0 Å². The van der Waals surface area contributed by atoms with Crippen molar-refractivity contribution in [3.63, 3.8) is 0 Å². The van der Waals surface area contributed by atoms with Gasteiger partial charge in [-0.3, -0.25) is 4.90 Å². The summed E-state index contributed by atoms with van der Waals surface area (Å²) in [5.74, 6) is 0. The zero-order valence-corrected chi connectivity index (χ0v) is 10.7. The van der Waals surface area contributed by atoms with E-state index in [0.29, 0.717) is 11.5 Å². The van der Waals surface area contributed by atoms with Crippen LogP contribution >= 0.6 is 0 Å². The summed E-state index contributed by atoms with van der Waals surface area (Å²) in [5, 5.41) is 3.42. The van der Waals surface area contributed by atoms with Gasteiger partial charge in [-0.25, -0.2) is 0 Å². The molecule has 1 rings (SSSR count). The molecule has 1 aliphatic heterocycles. The lowest BCUT2D eigenvalue weighted by atomic mass is 9.85. The normalized spacial score (nSPS) is 21.6. The zero-order valence-electron chi connectivity index (χ0n) is 10.7. The van der Waals surface area contributed by atoms with E-state index in [9.17, 15) is 0 Å². The summed E-state index contributed by atoms with van der Waals surface area (Å²) in [4.78, 5) is 2.50.